The van der Waals surface area contributed by atoms with Crippen LogP contribution in [0.3, 0.4) is 0 Å². The van der Waals surface area contributed by atoms with E-state index in [1.165, 1.54) is 6.42 Å². The van der Waals surface area contributed by atoms with E-state index in [-0.39, 0.29) is 6.61 Å². The summed E-state index contributed by atoms with van der Waals surface area (Å²) in [5.41, 5.74) is 1.80. The van der Waals surface area contributed by atoms with Gasteiger partial charge in [0.2, 0.25) is 0 Å². The first kappa shape index (κ1) is 12.6. The summed E-state index contributed by atoms with van der Waals surface area (Å²) in [6.07, 6.45) is 4.22. The number of para-hydroxylation sites is 2. The smallest absolute Gasteiger partial charge is 0.195 e. The number of nitrogens with zero attached hydrogens (tertiary/aromatic N) is 2. The van der Waals surface area contributed by atoms with E-state index in [4.69, 9.17) is 4.42 Å². The molecule has 3 rings (SSSR count). The molecule has 1 aliphatic rings. The highest BCUT2D eigenvalue weighted by Crippen LogP contribution is 2.19. The number of rotatable bonds is 5. The number of fused-ring (bicyclic) bond motifs is 1. The summed E-state index contributed by atoms with van der Waals surface area (Å²) in [6, 6.07) is 8.24. The quantitative estimate of drug-likeness (QED) is 0.895. The van der Waals surface area contributed by atoms with Crippen LogP contribution in [-0.2, 0) is 6.42 Å². The van der Waals surface area contributed by atoms with Crippen molar-refractivity contribution in [1.29, 1.82) is 0 Å². The molecule has 1 atom stereocenters. The number of hydrogen-bond donors (Lipinski definition) is 1. The van der Waals surface area contributed by atoms with Crippen LogP contribution in [0.25, 0.3) is 11.1 Å². The first-order valence-corrected chi connectivity index (χ1v) is 7.06. The molecule has 0 amide bonds. The molecule has 4 nitrogen and oxygen atoms in total. The Morgan fingerprint density at radius 1 is 1.37 bits per heavy atom. The fourth-order valence-corrected chi connectivity index (χ4v) is 2.86. The van der Waals surface area contributed by atoms with E-state index < -0.39 is 0 Å². The molecule has 0 saturated carbocycles. The van der Waals surface area contributed by atoms with Crippen molar-refractivity contribution in [3.8, 4) is 0 Å². The Morgan fingerprint density at radius 2 is 2.26 bits per heavy atom. The molecule has 19 heavy (non-hydrogen) atoms. The van der Waals surface area contributed by atoms with Crippen LogP contribution >= 0.6 is 0 Å². The molecule has 1 saturated heterocycles. The van der Waals surface area contributed by atoms with Gasteiger partial charge in [-0.25, -0.2) is 4.98 Å². The summed E-state index contributed by atoms with van der Waals surface area (Å²) in [5, 5.41) is 9.28. The van der Waals surface area contributed by atoms with E-state index in [0.717, 1.165) is 49.3 Å². The van der Waals surface area contributed by atoms with Crippen molar-refractivity contribution in [1.82, 2.24) is 9.88 Å². The Kier molecular flexibility index (Phi) is 3.80. The molecule has 0 aliphatic carbocycles. The summed E-state index contributed by atoms with van der Waals surface area (Å²) in [7, 11) is 0. The van der Waals surface area contributed by atoms with Crippen molar-refractivity contribution in [2.45, 2.75) is 31.7 Å². The Morgan fingerprint density at radius 3 is 3.11 bits per heavy atom. The second-order valence-corrected chi connectivity index (χ2v) is 5.19. The van der Waals surface area contributed by atoms with Crippen LogP contribution in [0.15, 0.2) is 28.7 Å². The predicted molar refractivity (Wildman–Crippen MR) is 74.0 cm³/mol. The van der Waals surface area contributed by atoms with Crippen molar-refractivity contribution in [3.05, 3.63) is 30.2 Å². The number of benzene rings is 1. The first-order chi connectivity index (χ1) is 9.36. The largest absolute Gasteiger partial charge is 0.441 e. The molecule has 1 aromatic heterocycles. The minimum absolute atomic E-state index is 0.281. The van der Waals surface area contributed by atoms with Gasteiger partial charge in [0.15, 0.2) is 11.5 Å². The molecule has 1 aliphatic heterocycles. The van der Waals surface area contributed by atoms with E-state index in [1.54, 1.807) is 0 Å². The van der Waals surface area contributed by atoms with Crippen molar-refractivity contribution in [2.75, 3.05) is 19.7 Å². The van der Waals surface area contributed by atoms with Gasteiger partial charge in [-0.2, -0.15) is 0 Å². The Hall–Kier alpha value is -1.39. The van der Waals surface area contributed by atoms with Gasteiger partial charge < -0.3 is 9.52 Å². The van der Waals surface area contributed by atoms with Crippen LogP contribution in [-0.4, -0.2) is 40.7 Å². The monoisotopic (exact) mass is 260 g/mol. The topological polar surface area (TPSA) is 49.5 Å². The summed E-state index contributed by atoms with van der Waals surface area (Å²) in [6.45, 7) is 2.41. The van der Waals surface area contributed by atoms with Gasteiger partial charge in [-0.15, -0.1) is 0 Å². The second kappa shape index (κ2) is 5.72. The highest BCUT2D eigenvalue weighted by Gasteiger charge is 2.22. The molecule has 102 valence electrons. The lowest BCUT2D eigenvalue weighted by molar-refractivity contribution is 0.157. The van der Waals surface area contributed by atoms with Crippen LogP contribution in [0.2, 0.25) is 0 Å². The standard InChI is InChI=1S/C15H20N2O2/c18-11-12-5-3-9-17(12)10-4-8-15-16-13-6-1-2-7-14(13)19-15/h1-2,6-7,12,18H,3-5,8-11H2/t12-/m1/s1. The lowest BCUT2D eigenvalue weighted by atomic mass is 10.2. The molecule has 0 spiro atoms. The van der Waals surface area contributed by atoms with Gasteiger partial charge in [-0.1, -0.05) is 12.1 Å². The molecule has 2 heterocycles. The maximum absolute atomic E-state index is 9.28. The predicted octanol–water partition coefficient (Wildman–Crippen LogP) is 2.22. The minimum atomic E-state index is 0.281. The van der Waals surface area contributed by atoms with Crippen LogP contribution in [0.1, 0.15) is 25.2 Å². The molecule has 0 radical (unpaired) electrons. The van der Waals surface area contributed by atoms with Gasteiger partial charge in [0.05, 0.1) is 6.61 Å². The molecule has 1 N–H and O–H groups in total. The van der Waals surface area contributed by atoms with Gasteiger partial charge >= 0.3 is 0 Å². The highest BCUT2D eigenvalue weighted by molar-refractivity contribution is 5.72. The molecular weight excluding hydrogens is 240 g/mol. The van der Waals surface area contributed by atoms with E-state index in [1.807, 2.05) is 24.3 Å². The van der Waals surface area contributed by atoms with Crippen molar-refractivity contribution in [2.24, 2.45) is 0 Å². The lowest BCUT2D eigenvalue weighted by Gasteiger charge is -2.21. The number of aliphatic hydroxyl groups is 1. The van der Waals surface area contributed by atoms with Crippen LogP contribution in [0.5, 0.6) is 0 Å². The average Bonchev–Trinajstić information content (AvgIpc) is 3.04. The molecular formula is C15H20N2O2. The Labute approximate surface area is 113 Å². The fourth-order valence-electron chi connectivity index (χ4n) is 2.86. The maximum Gasteiger partial charge on any atom is 0.195 e. The van der Waals surface area contributed by atoms with Crippen molar-refractivity contribution in [3.63, 3.8) is 0 Å². The number of aliphatic hydroxyl groups excluding tert-OH is 1. The SMILES string of the molecule is OC[C@H]1CCCN1CCCc1nc2ccccc2o1. The van der Waals surface area contributed by atoms with E-state index in [2.05, 4.69) is 9.88 Å². The third kappa shape index (κ3) is 2.80. The van der Waals surface area contributed by atoms with E-state index >= 15 is 0 Å². The van der Waals surface area contributed by atoms with Crippen LogP contribution in [0.4, 0.5) is 0 Å². The van der Waals surface area contributed by atoms with Crippen molar-refractivity contribution < 1.29 is 9.52 Å². The normalized spacial score (nSPS) is 20.4. The highest BCUT2D eigenvalue weighted by atomic mass is 16.3. The fraction of sp³-hybridized carbons (Fsp3) is 0.533. The third-order valence-corrected chi connectivity index (χ3v) is 3.88. The minimum Gasteiger partial charge on any atom is -0.441 e. The van der Waals surface area contributed by atoms with Gasteiger partial charge in [-0.05, 0) is 44.5 Å². The molecule has 0 bridgehead atoms. The molecule has 1 aromatic carbocycles. The zero-order valence-corrected chi connectivity index (χ0v) is 11.1. The zero-order valence-electron chi connectivity index (χ0n) is 11.1. The summed E-state index contributed by atoms with van der Waals surface area (Å²) in [5.74, 6) is 0.820. The molecule has 0 unspecified atom stereocenters. The zero-order chi connectivity index (χ0) is 13.1. The second-order valence-electron chi connectivity index (χ2n) is 5.19. The van der Waals surface area contributed by atoms with Crippen LogP contribution < -0.4 is 0 Å². The Balaban J connectivity index is 1.54. The van der Waals surface area contributed by atoms with E-state index in [9.17, 15) is 5.11 Å². The summed E-state index contributed by atoms with van der Waals surface area (Å²) < 4.78 is 5.71. The summed E-state index contributed by atoms with van der Waals surface area (Å²) >= 11 is 0. The Bertz CT molecular complexity index is 505. The number of aryl methyl sites for hydroxylation is 1. The number of likely N-dealkylation sites (tertiary alicyclic amines) is 1. The number of hydrogen-bond acceptors (Lipinski definition) is 4. The van der Waals surface area contributed by atoms with Gasteiger partial charge in [-0.3, -0.25) is 4.90 Å². The van der Waals surface area contributed by atoms with Gasteiger partial charge in [0.25, 0.3) is 0 Å². The summed E-state index contributed by atoms with van der Waals surface area (Å²) in [4.78, 5) is 6.86. The number of aromatic nitrogens is 1. The molecule has 1 fully saturated rings. The van der Waals surface area contributed by atoms with Gasteiger partial charge in [0, 0.05) is 12.5 Å². The van der Waals surface area contributed by atoms with E-state index in [0.29, 0.717) is 6.04 Å². The van der Waals surface area contributed by atoms with Gasteiger partial charge in [0.1, 0.15) is 5.52 Å². The molecule has 2 aromatic rings. The number of oxazole rings is 1. The van der Waals surface area contributed by atoms with Crippen LogP contribution in [0, 0.1) is 0 Å². The average molecular weight is 260 g/mol. The lowest BCUT2D eigenvalue weighted by Crippen LogP contribution is -2.33. The molecule has 4 heteroatoms. The third-order valence-electron chi connectivity index (χ3n) is 3.88. The van der Waals surface area contributed by atoms with Crippen molar-refractivity contribution >= 4 is 11.1 Å². The first-order valence-electron chi connectivity index (χ1n) is 7.06. The maximum atomic E-state index is 9.28.